The maximum Gasteiger partial charge on any atom is 0.321 e. The highest BCUT2D eigenvalue weighted by Gasteiger charge is 2.18. The van der Waals surface area contributed by atoms with Gasteiger partial charge in [0.2, 0.25) is 6.43 Å². The third kappa shape index (κ3) is 4.08. The van der Waals surface area contributed by atoms with Crippen LogP contribution in [0.2, 0.25) is 5.02 Å². The zero-order chi connectivity index (χ0) is 16.1. The number of rotatable bonds is 5. The van der Waals surface area contributed by atoms with Crippen molar-refractivity contribution < 1.29 is 18.3 Å². The third-order valence-corrected chi connectivity index (χ3v) is 4.20. The lowest BCUT2D eigenvalue weighted by Crippen LogP contribution is -2.36. The van der Waals surface area contributed by atoms with Crippen LogP contribution in [0, 0.1) is 5.21 Å². The number of anilines is 1. The largest absolute Gasteiger partial charge is 0.618 e. The third-order valence-electron chi connectivity index (χ3n) is 2.63. The highest BCUT2D eigenvalue weighted by molar-refractivity contribution is 7.99. The van der Waals surface area contributed by atoms with Crippen molar-refractivity contribution in [3.63, 3.8) is 0 Å². The number of benzene rings is 1. The number of nitrogens with zero attached hydrogens (tertiary/aromatic N) is 1. The number of aromatic nitrogens is 1. The minimum absolute atomic E-state index is 0.104. The van der Waals surface area contributed by atoms with Gasteiger partial charge in [-0.1, -0.05) is 17.7 Å². The molecule has 0 unspecified atom stereocenters. The summed E-state index contributed by atoms with van der Waals surface area (Å²) < 4.78 is 25.2. The van der Waals surface area contributed by atoms with Crippen LogP contribution in [0.4, 0.5) is 14.5 Å². The van der Waals surface area contributed by atoms with Crippen LogP contribution in [0.3, 0.4) is 0 Å². The molecule has 1 N–H and O–H groups in total. The van der Waals surface area contributed by atoms with Crippen LogP contribution in [0.25, 0.3) is 0 Å². The zero-order valence-corrected chi connectivity index (χ0v) is 12.7. The molecule has 0 aliphatic carbocycles. The van der Waals surface area contributed by atoms with Crippen LogP contribution in [-0.4, -0.2) is 18.1 Å². The van der Waals surface area contributed by atoms with Crippen molar-refractivity contribution in [2.24, 2.45) is 0 Å². The standard InChI is InChI=1S/C14H11ClF2N2O2S/c15-9-4-3-5-10(13(9)22-8-12(16)17)18-14(20)11-6-1-2-7-19(11)21/h1-7,12H,8H2,(H,18,20). The Morgan fingerprint density at radius 3 is 2.77 bits per heavy atom. The smallest absolute Gasteiger partial charge is 0.321 e. The molecule has 0 aliphatic rings. The maximum atomic E-state index is 12.4. The number of alkyl halides is 2. The van der Waals surface area contributed by atoms with Crippen molar-refractivity contribution in [3.8, 4) is 0 Å². The van der Waals surface area contributed by atoms with Crippen molar-refractivity contribution in [1.82, 2.24) is 0 Å². The number of hydrogen-bond acceptors (Lipinski definition) is 3. The van der Waals surface area contributed by atoms with E-state index in [4.69, 9.17) is 11.6 Å². The Hall–Kier alpha value is -1.86. The van der Waals surface area contributed by atoms with E-state index in [0.29, 0.717) is 9.63 Å². The monoisotopic (exact) mass is 344 g/mol. The van der Waals surface area contributed by atoms with Crippen LogP contribution in [0.5, 0.6) is 0 Å². The van der Waals surface area contributed by atoms with Crippen LogP contribution in [0.15, 0.2) is 47.5 Å². The fraction of sp³-hybridized carbons (Fsp3) is 0.143. The average Bonchev–Trinajstić information content (AvgIpc) is 2.46. The number of thioether (sulfide) groups is 1. The molecule has 2 rings (SSSR count). The second kappa shape index (κ2) is 7.42. The molecule has 0 spiro atoms. The lowest BCUT2D eigenvalue weighted by atomic mass is 10.3. The van der Waals surface area contributed by atoms with Gasteiger partial charge in [-0.25, -0.2) is 8.78 Å². The first-order valence-corrected chi connectivity index (χ1v) is 7.54. The van der Waals surface area contributed by atoms with Gasteiger partial charge in [0.15, 0.2) is 6.20 Å². The molecule has 0 saturated heterocycles. The maximum absolute atomic E-state index is 12.4. The number of nitrogens with one attached hydrogen (secondary N) is 1. The molecule has 2 aromatic rings. The highest BCUT2D eigenvalue weighted by Crippen LogP contribution is 2.35. The van der Waals surface area contributed by atoms with Crippen molar-refractivity contribution in [1.29, 1.82) is 0 Å². The first-order valence-electron chi connectivity index (χ1n) is 6.18. The molecule has 4 nitrogen and oxygen atoms in total. The summed E-state index contributed by atoms with van der Waals surface area (Å²) in [5.74, 6) is -1.09. The van der Waals surface area contributed by atoms with E-state index < -0.39 is 18.1 Å². The first kappa shape index (κ1) is 16.5. The second-order valence-corrected chi connectivity index (χ2v) is 5.62. The fourth-order valence-corrected chi connectivity index (χ4v) is 2.80. The number of pyridine rings is 1. The molecular formula is C14H11ClF2N2O2S. The predicted octanol–water partition coefficient (Wildman–Crippen LogP) is 3.58. The van der Waals surface area contributed by atoms with Gasteiger partial charge in [0.25, 0.3) is 5.69 Å². The number of hydrogen-bond donors (Lipinski definition) is 1. The van der Waals surface area contributed by atoms with Crippen LogP contribution in [-0.2, 0) is 0 Å². The Bertz CT molecular complexity index is 686. The van der Waals surface area contributed by atoms with Crippen LogP contribution >= 0.6 is 23.4 Å². The molecule has 0 atom stereocenters. The summed E-state index contributed by atoms with van der Waals surface area (Å²) in [7, 11) is 0. The van der Waals surface area contributed by atoms with Gasteiger partial charge in [-0.15, -0.1) is 11.8 Å². The minimum Gasteiger partial charge on any atom is -0.618 e. The van der Waals surface area contributed by atoms with Gasteiger partial charge in [-0.05, 0) is 18.2 Å². The van der Waals surface area contributed by atoms with E-state index in [1.54, 1.807) is 18.2 Å². The Morgan fingerprint density at radius 1 is 1.32 bits per heavy atom. The molecule has 0 fully saturated rings. The molecule has 1 aromatic heterocycles. The number of carbonyl (C=O) groups excluding carboxylic acids is 1. The molecule has 116 valence electrons. The van der Waals surface area contributed by atoms with E-state index in [-0.39, 0.29) is 16.4 Å². The summed E-state index contributed by atoms with van der Waals surface area (Å²) in [5.41, 5.74) is 0.180. The van der Waals surface area contributed by atoms with E-state index >= 15 is 0 Å². The van der Waals surface area contributed by atoms with E-state index in [2.05, 4.69) is 5.32 Å². The molecule has 8 heteroatoms. The number of halogens is 3. The summed E-state index contributed by atoms with van der Waals surface area (Å²) in [6.07, 6.45) is -1.30. The normalized spacial score (nSPS) is 10.7. The van der Waals surface area contributed by atoms with Gasteiger partial charge >= 0.3 is 5.91 Å². The molecule has 0 aliphatic heterocycles. The summed E-state index contributed by atoms with van der Waals surface area (Å²) >= 11 is 6.83. The zero-order valence-electron chi connectivity index (χ0n) is 11.1. The molecule has 1 amide bonds. The quantitative estimate of drug-likeness (QED) is 0.512. The van der Waals surface area contributed by atoms with Gasteiger partial charge in [0.1, 0.15) is 0 Å². The van der Waals surface area contributed by atoms with E-state index in [1.165, 1.54) is 24.4 Å². The SMILES string of the molecule is O=C(Nc1cccc(Cl)c1SCC(F)F)c1cccc[n+]1[O-]. The lowest BCUT2D eigenvalue weighted by molar-refractivity contribution is -0.607. The van der Waals surface area contributed by atoms with Crippen molar-refractivity contribution in [2.45, 2.75) is 11.3 Å². The molecular weight excluding hydrogens is 334 g/mol. The van der Waals surface area contributed by atoms with Gasteiger partial charge in [-0.2, -0.15) is 4.73 Å². The summed E-state index contributed by atoms with van der Waals surface area (Å²) in [6, 6.07) is 9.07. The molecule has 0 radical (unpaired) electrons. The lowest BCUT2D eigenvalue weighted by Gasteiger charge is -2.12. The Morgan fingerprint density at radius 2 is 2.09 bits per heavy atom. The van der Waals surface area contributed by atoms with Crippen molar-refractivity contribution >= 4 is 35.0 Å². The van der Waals surface area contributed by atoms with E-state index in [9.17, 15) is 18.8 Å². The van der Waals surface area contributed by atoms with Gasteiger partial charge in [0.05, 0.1) is 16.5 Å². The molecule has 1 heterocycles. The molecule has 0 saturated carbocycles. The van der Waals surface area contributed by atoms with Crippen molar-refractivity contribution in [2.75, 3.05) is 11.1 Å². The molecule has 22 heavy (non-hydrogen) atoms. The highest BCUT2D eigenvalue weighted by atomic mass is 35.5. The van der Waals surface area contributed by atoms with Gasteiger partial charge < -0.3 is 10.5 Å². The van der Waals surface area contributed by atoms with Crippen molar-refractivity contribution in [3.05, 3.63) is 58.5 Å². The van der Waals surface area contributed by atoms with Crippen LogP contribution in [0.1, 0.15) is 10.5 Å². The van der Waals surface area contributed by atoms with E-state index in [0.717, 1.165) is 11.8 Å². The average molecular weight is 345 g/mol. The van der Waals surface area contributed by atoms with Gasteiger partial charge in [-0.3, -0.25) is 4.79 Å². The Balaban J connectivity index is 2.24. The molecule has 1 aromatic carbocycles. The Labute approximate surface area is 134 Å². The number of amides is 1. The fourth-order valence-electron chi connectivity index (χ4n) is 1.69. The van der Waals surface area contributed by atoms with Gasteiger partial charge in [0, 0.05) is 17.0 Å². The Kier molecular flexibility index (Phi) is 5.57. The predicted molar refractivity (Wildman–Crippen MR) is 81.5 cm³/mol. The van der Waals surface area contributed by atoms with E-state index in [1.807, 2.05) is 0 Å². The molecule has 0 bridgehead atoms. The van der Waals surface area contributed by atoms with Crippen LogP contribution < -0.4 is 10.0 Å². The first-order chi connectivity index (χ1) is 10.5. The summed E-state index contributed by atoms with van der Waals surface area (Å²) in [4.78, 5) is 12.4. The minimum atomic E-state index is -2.50. The summed E-state index contributed by atoms with van der Waals surface area (Å²) in [5, 5.41) is 14.3. The summed E-state index contributed by atoms with van der Waals surface area (Å²) in [6.45, 7) is 0. The number of carbonyl (C=O) groups is 1. The topological polar surface area (TPSA) is 56.0 Å². The second-order valence-electron chi connectivity index (χ2n) is 4.18.